The first-order valence-corrected chi connectivity index (χ1v) is 5.34. The van der Waals surface area contributed by atoms with Crippen molar-refractivity contribution in [1.29, 1.82) is 0 Å². The van der Waals surface area contributed by atoms with Gasteiger partial charge in [-0.15, -0.1) is 0 Å². The number of ether oxygens (including phenoxy) is 1. The Morgan fingerprint density at radius 3 is 2.31 bits per heavy atom. The molecule has 0 aromatic heterocycles. The lowest BCUT2D eigenvalue weighted by atomic mass is 10.3. The van der Waals surface area contributed by atoms with Crippen molar-refractivity contribution in [2.45, 2.75) is 0 Å². The molecule has 0 saturated carbocycles. The van der Waals surface area contributed by atoms with Crippen LogP contribution in [0.4, 0.5) is 0 Å². The molecule has 0 atom stereocenters. The molecule has 0 saturated heterocycles. The lowest BCUT2D eigenvalue weighted by molar-refractivity contribution is 0.411. The van der Waals surface area contributed by atoms with Crippen molar-refractivity contribution in [2.24, 2.45) is 0 Å². The second kappa shape index (κ2) is 4.64. The van der Waals surface area contributed by atoms with Crippen molar-refractivity contribution in [3.63, 3.8) is 0 Å². The standard InChI is InChI=1S/C12H8Cl2O2/c13-9-6-7-10(12(15)11(9)14)16-8-4-2-1-3-5-8/h1-7,15H. The molecule has 0 radical (unpaired) electrons. The molecule has 4 heteroatoms. The topological polar surface area (TPSA) is 29.5 Å². The average molecular weight is 255 g/mol. The SMILES string of the molecule is Oc1c(Oc2ccccc2)ccc(Cl)c1Cl. The average Bonchev–Trinajstić information content (AvgIpc) is 2.31. The van der Waals surface area contributed by atoms with Gasteiger partial charge in [-0.25, -0.2) is 0 Å². The first-order chi connectivity index (χ1) is 7.68. The van der Waals surface area contributed by atoms with E-state index in [0.717, 1.165) is 0 Å². The molecule has 0 aliphatic carbocycles. The summed E-state index contributed by atoms with van der Waals surface area (Å²) in [5, 5.41) is 10.1. The zero-order valence-corrected chi connectivity index (χ0v) is 9.66. The Hall–Kier alpha value is -1.38. The van der Waals surface area contributed by atoms with Crippen LogP contribution in [-0.4, -0.2) is 5.11 Å². The predicted octanol–water partition coefficient (Wildman–Crippen LogP) is 4.49. The summed E-state index contributed by atoms with van der Waals surface area (Å²) in [6.07, 6.45) is 0. The fourth-order valence-electron chi connectivity index (χ4n) is 1.22. The van der Waals surface area contributed by atoms with E-state index < -0.39 is 0 Å². The van der Waals surface area contributed by atoms with Gasteiger partial charge in [0, 0.05) is 0 Å². The first kappa shape index (κ1) is 11.1. The Morgan fingerprint density at radius 2 is 1.62 bits per heavy atom. The maximum atomic E-state index is 9.70. The zero-order chi connectivity index (χ0) is 11.5. The summed E-state index contributed by atoms with van der Waals surface area (Å²) in [5.41, 5.74) is 0. The van der Waals surface area contributed by atoms with Crippen LogP contribution in [0, 0.1) is 0 Å². The van der Waals surface area contributed by atoms with Gasteiger partial charge in [0.25, 0.3) is 0 Å². The van der Waals surface area contributed by atoms with E-state index >= 15 is 0 Å². The fraction of sp³-hybridized carbons (Fsp3) is 0. The van der Waals surface area contributed by atoms with Crippen LogP contribution in [0.3, 0.4) is 0 Å². The van der Waals surface area contributed by atoms with Gasteiger partial charge in [0.1, 0.15) is 10.8 Å². The molecular formula is C12H8Cl2O2. The van der Waals surface area contributed by atoms with Gasteiger partial charge in [0.05, 0.1) is 5.02 Å². The van der Waals surface area contributed by atoms with E-state index in [4.69, 9.17) is 27.9 Å². The molecule has 0 bridgehead atoms. The summed E-state index contributed by atoms with van der Waals surface area (Å²) in [6, 6.07) is 12.2. The number of phenolic OH excluding ortho intramolecular Hbond substituents is 1. The molecule has 0 aliphatic heterocycles. The molecule has 0 unspecified atom stereocenters. The van der Waals surface area contributed by atoms with Gasteiger partial charge < -0.3 is 9.84 Å². The van der Waals surface area contributed by atoms with Crippen LogP contribution in [0.1, 0.15) is 0 Å². The number of aromatic hydroxyl groups is 1. The van der Waals surface area contributed by atoms with Crippen molar-refractivity contribution < 1.29 is 9.84 Å². The third kappa shape index (κ3) is 2.23. The Kier molecular flexibility index (Phi) is 3.22. The third-order valence-electron chi connectivity index (χ3n) is 2.00. The molecule has 0 spiro atoms. The van der Waals surface area contributed by atoms with Crippen LogP contribution in [0.2, 0.25) is 10.0 Å². The van der Waals surface area contributed by atoms with Gasteiger partial charge >= 0.3 is 0 Å². The Balaban J connectivity index is 2.33. The van der Waals surface area contributed by atoms with Crippen LogP contribution in [-0.2, 0) is 0 Å². The number of benzene rings is 2. The minimum atomic E-state index is -0.155. The molecule has 16 heavy (non-hydrogen) atoms. The molecule has 0 fully saturated rings. The van der Waals surface area contributed by atoms with E-state index in [-0.39, 0.29) is 16.5 Å². The van der Waals surface area contributed by atoms with Gasteiger partial charge in [-0.1, -0.05) is 41.4 Å². The molecule has 82 valence electrons. The van der Waals surface area contributed by atoms with Crippen LogP contribution in [0.5, 0.6) is 17.2 Å². The molecule has 0 heterocycles. The van der Waals surface area contributed by atoms with Gasteiger partial charge in [0.15, 0.2) is 11.5 Å². The maximum Gasteiger partial charge on any atom is 0.178 e. The van der Waals surface area contributed by atoms with Crippen LogP contribution in [0.25, 0.3) is 0 Å². The summed E-state index contributed by atoms with van der Waals surface area (Å²) in [4.78, 5) is 0. The molecule has 0 aliphatic rings. The highest BCUT2D eigenvalue weighted by atomic mass is 35.5. The number of hydrogen-bond donors (Lipinski definition) is 1. The minimum Gasteiger partial charge on any atom is -0.503 e. The Morgan fingerprint density at radius 1 is 0.938 bits per heavy atom. The normalized spacial score (nSPS) is 10.1. The van der Waals surface area contributed by atoms with Gasteiger partial charge in [-0.3, -0.25) is 0 Å². The number of halogens is 2. The molecular weight excluding hydrogens is 247 g/mol. The second-order valence-electron chi connectivity index (χ2n) is 3.12. The number of hydrogen-bond acceptors (Lipinski definition) is 2. The second-order valence-corrected chi connectivity index (χ2v) is 3.91. The third-order valence-corrected chi connectivity index (χ3v) is 2.80. The summed E-state index contributed by atoms with van der Waals surface area (Å²) in [6.45, 7) is 0. The summed E-state index contributed by atoms with van der Waals surface area (Å²) in [5.74, 6) is 0.745. The lowest BCUT2D eigenvalue weighted by Crippen LogP contribution is -1.85. The van der Waals surface area contributed by atoms with Crippen molar-refractivity contribution in [2.75, 3.05) is 0 Å². The maximum absolute atomic E-state index is 9.70. The monoisotopic (exact) mass is 254 g/mol. The van der Waals surface area contributed by atoms with E-state index in [1.807, 2.05) is 18.2 Å². The highest BCUT2D eigenvalue weighted by Crippen LogP contribution is 2.40. The molecule has 0 amide bonds. The molecule has 2 aromatic rings. The number of phenols is 1. The lowest BCUT2D eigenvalue weighted by Gasteiger charge is -2.08. The number of rotatable bonds is 2. The van der Waals surface area contributed by atoms with Crippen LogP contribution >= 0.6 is 23.2 Å². The Labute approximate surface area is 103 Å². The van der Waals surface area contributed by atoms with Gasteiger partial charge in [0.2, 0.25) is 0 Å². The van der Waals surface area contributed by atoms with Gasteiger partial charge in [-0.2, -0.15) is 0 Å². The van der Waals surface area contributed by atoms with E-state index in [0.29, 0.717) is 10.8 Å². The van der Waals surface area contributed by atoms with E-state index in [1.165, 1.54) is 0 Å². The van der Waals surface area contributed by atoms with Crippen molar-refractivity contribution in [3.8, 4) is 17.2 Å². The van der Waals surface area contributed by atoms with E-state index in [1.54, 1.807) is 24.3 Å². The van der Waals surface area contributed by atoms with E-state index in [2.05, 4.69) is 0 Å². The molecule has 1 N–H and O–H groups in total. The van der Waals surface area contributed by atoms with Crippen molar-refractivity contribution in [3.05, 3.63) is 52.5 Å². The fourth-order valence-corrected chi connectivity index (χ4v) is 1.53. The highest BCUT2D eigenvalue weighted by Gasteiger charge is 2.11. The Bertz CT molecular complexity index is 498. The van der Waals surface area contributed by atoms with Gasteiger partial charge in [-0.05, 0) is 24.3 Å². The predicted molar refractivity (Wildman–Crippen MR) is 64.6 cm³/mol. The molecule has 2 nitrogen and oxygen atoms in total. The summed E-state index contributed by atoms with van der Waals surface area (Å²) >= 11 is 11.5. The summed E-state index contributed by atoms with van der Waals surface area (Å²) in [7, 11) is 0. The smallest absolute Gasteiger partial charge is 0.178 e. The van der Waals surface area contributed by atoms with Crippen LogP contribution < -0.4 is 4.74 Å². The highest BCUT2D eigenvalue weighted by molar-refractivity contribution is 6.43. The van der Waals surface area contributed by atoms with Crippen LogP contribution in [0.15, 0.2) is 42.5 Å². The quantitative estimate of drug-likeness (QED) is 0.856. The van der Waals surface area contributed by atoms with E-state index in [9.17, 15) is 5.11 Å². The van der Waals surface area contributed by atoms with Crippen molar-refractivity contribution in [1.82, 2.24) is 0 Å². The zero-order valence-electron chi connectivity index (χ0n) is 8.15. The molecule has 2 rings (SSSR count). The minimum absolute atomic E-state index is 0.0927. The number of para-hydroxylation sites is 1. The molecule has 2 aromatic carbocycles. The van der Waals surface area contributed by atoms with Crippen molar-refractivity contribution >= 4 is 23.2 Å². The summed E-state index contributed by atoms with van der Waals surface area (Å²) < 4.78 is 5.45. The largest absolute Gasteiger partial charge is 0.503 e. The first-order valence-electron chi connectivity index (χ1n) is 4.58.